The number of halogens is 1. The molecule has 0 saturated heterocycles. The molecule has 10 heavy (non-hydrogen) atoms. The maximum absolute atomic E-state index is 4.06. The predicted octanol–water partition coefficient (Wildman–Crippen LogP) is 2.30. The molecule has 0 N–H and O–H groups in total. The highest BCUT2D eigenvalue weighted by molar-refractivity contribution is 14.1. The van der Waals surface area contributed by atoms with Crippen molar-refractivity contribution in [2.75, 3.05) is 0 Å². The van der Waals surface area contributed by atoms with Crippen molar-refractivity contribution in [2.45, 2.75) is 0 Å². The van der Waals surface area contributed by atoms with Gasteiger partial charge in [0.2, 0.25) is 0 Å². The molecule has 0 radical (unpaired) electrons. The molecule has 0 spiro atoms. The highest BCUT2D eigenvalue weighted by atomic mass is 127. The van der Waals surface area contributed by atoms with Crippen LogP contribution in [0.25, 0.3) is 10.1 Å². The molecule has 0 saturated carbocycles. The summed E-state index contributed by atoms with van der Waals surface area (Å²) in [5, 5.41) is 1.21. The van der Waals surface area contributed by atoms with Crippen LogP contribution in [0.4, 0.5) is 0 Å². The van der Waals surface area contributed by atoms with E-state index in [1.807, 2.05) is 18.6 Å². The van der Waals surface area contributed by atoms with E-state index in [1.165, 1.54) is 20.5 Å². The number of hydrogen-bond acceptors (Lipinski definition) is 3. The molecule has 0 bridgehead atoms. The first-order chi connectivity index (χ1) is 4.88. The summed E-state index contributed by atoms with van der Waals surface area (Å²) < 4.78 is 6.39. The van der Waals surface area contributed by atoms with Gasteiger partial charge < -0.3 is 0 Å². The Morgan fingerprint density at radius 1 is 1.30 bits per heavy atom. The first kappa shape index (κ1) is 6.48. The van der Waals surface area contributed by atoms with Gasteiger partial charge in [0.15, 0.2) is 0 Å². The molecule has 0 aromatic carbocycles. The van der Waals surface area contributed by atoms with E-state index in [0.29, 0.717) is 0 Å². The van der Waals surface area contributed by atoms with Crippen LogP contribution in [0.2, 0.25) is 0 Å². The maximum atomic E-state index is 4.06. The molecule has 0 aliphatic heterocycles. The number of hydrogen-bond donors (Lipinski definition) is 0. The van der Waals surface area contributed by atoms with E-state index < -0.39 is 0 Å². The lowest BCUT2D eigenvalue weighted by atomic mass is 10.4. The van der Waals surface area contributed by atoms with Crippen molar-refractivity contribution < 1.29 is 0 Å². The van der Waals surface area contributed by atoms with Gasteiger partial charge in [-0.25, -0.2) is 0 Å². The molecular weight excluding hydrogens is 259 g/mol. The molecule has 0 unspecified atom stereocenters. The molecule has 0 aliphatic carbocycles. The normalized spacial score (nSPS) is 10.5. The van der Waals surface area contributed by atoms with Gasteiger partial charge in [-0.05, 0) is 34.1 Å². The Morgan fingerprint density at radius 2 is 2.20 bits per heavy atom. The van der Waals surface area contributed by atoms with Gasteiger partial charge in [-0.15, -0.1) is 0 Å². The number of fused-ring (bicyclic) bond motifs is 1. The third-order valence-electron chi connectivity index (χ3n) is 1.24. The smallest absolute Gasteiger partial charge is 0.0743 e. The Morgan fingerprint density at radius 3 is 3.00 bits per heavy atom. The van der Waals surface area contributed by atoms with Crippen molar-refractivity contribution in [1.82, 2.24) is 9.36 Å². The highest BCUT2D eigenvalue weighted by Gasteiger charge is 1.98. The van der Waals surface area contributed by atoms with Gasteiger partial charge in [-0.2, -0.15) is 4.37 Å². The Hall–Kier alpha value is -0.230. The molecule has 4 heteroatoms. The van der Waals surface area contributed by atoms with Gasteiger partial charge >= 0.3 is 0 Å². The van der Waals surface area contributed by atoms with Crippen molar-refractivity contribution >= 4 is 44.2 Å². The van der Waals surface area contributed by atoms with Crippen LogP contribution in [0.5, 0.6) is 0 Å². The summed E-state index contributed by atoms with van der Waals surface area (Å²) in [6, 6.07) is 0. The van der Waals surface area contributed by atoms with Crippen molar-refractivity contribution in [1.29, 1.82) is 0 Å². The fraction of sp³-hybridized carbons (Fsp3) is 0. The van der Waals surface area contributed by atoms with Gasteiger partial charge in [0.05, 0.1) is 4.70 Å². The van der Waals surface area contributed by atoms with E-state index in [0.717, 1.165) is 4.70 Å². The second-order valence-corrected chi connectivity index (χ2v) is 3.85. The molecular formula is C6H3IN2S. The zero-order chi connectivity index (χ0) is 6.97. The molecule has 2 aromatic heterocycles. The molecule has 2 nitrogen and oxygen atoms in total. The van der Waals surface area contributed by atoms with Crippen molar-refractivity contribution in [3.8, 4) is 0 Å². The Kier molecular flexibility index (Phi) is 1.57. The van der Waals surface area contributed by atoms with Crippen LogP contribution in [0.15, 0.2) is 18.6 Å². The fourth-order valence-corrected chi connectivity index (χ4v) is 2.18. The minimum absolute atomic E-state index is 1.16. The number of rotatable bonds is 0. The van der Waals surface area contributed by atoms with Gasteiger partial charge in [-0.1, -0.05) is 0 Å². The minimum Gasteiger partial charge on any atom is -0.262 e. The molecule has 0 fully saturated rings. The van der Waals surface area contributed by atoms with E-state index in [1.54, 1.807) is 0 Å². The monoisotopic (exact) mass is 262 g/mol. The van der Waals surface area contributed by atoms with Crippen LogP contribution in [0.1, 0.15) is 0 Å². The fourth-order valence-electron chi connectivity index (χ4n) is 0.761. The topological polar surface area (TPSA) is 25.8 Å². The minimum atomic E-state index is 1.16. The van der Waals surface area contributed by atoms with E-state index in [4.69, 9.17) is 0 Å². The lowest BCUT2D eigenvalue weighted by Crippen LogP contribution is -1.73. The zero-order valence-electron chi connectivity index (χ0n) is 4.91. The third kappa shape index (κ3) is 0.911. The van der Waals surface area contributed by atoms with Crippen LogP contribution in [0.3, 0.4) is 0 Å². The Balaban J connectivity index is 2.95. The van der Waals surface area contributed by atoms with E-state index in [2.05, 4.69) is 31.9 Å². The van der Waals surface area contributed by atoms with Gasteiger partial charge in [0, 0.05) is 27.5 Å². The summed E-state index contributed by atoms with van der Waals surface area (Å²) in [5.41, 5.74) is 0. The maximum Gasteiger partial charge on any atom is 0.0743 e. The van der Waals surface area contributed by atoms with Gasteiger partial charge in [0.1, 0.15) is 0 Å². The van der Waals surface area contributed by atoms with Gasteiger partial charge in [-0.3, -0.25) is 4.98 Å². The molecule has 0 aliphatic rings. The molecule has 2 aromatic rings. The average molecular weight is 262 g/mol. The average Bonchev–Trinajstić information content (AvgIpc) is 2.36. The van der Waals surface area contributed by atoms with Crippen LogP contribution in [-0.4, -0.2) is 9.36 Å². The summed E-state index contributed by atoms with van der Waals surface area (Å²) in [5.74, 6) is 0. The van der Waals surface area contributed by atoms with Crippen molar-refractivity contribution in [3.63, 3.8) is 0 Å². The van der Waals surface area contributed by atoms with Gasteiger partial charge in [0.25, 0.3) is 0 Å². The summed E-state index contributed by atoms with van der Waals surface area (Å²) >= 11 is 3.74. The van der Waals surface area contributed by atoms with Crippen LogP contribution in [0, 0.1) is 3.57 Å². The molecule has 50 valence electrons. The first-order valence-electron chi connectivity index (χ1n) is 2.72. The Bertz CT molecular complexity index is 357. The predicted molar refractivity (Wildman–Crippen MR) is 50.1 cm³/mol. The standard InChI is InChI=1S/C6H3IN2S/c7-5-2-8-3-6-4(5)1-9-10-6/h1-3H. The SMILES string of the molecule is Ic1cncc2sncc12. The second kappa shape index (κ2) is 2.43. The molecule has 0 atom stereocenters. The number of aromatic nitrogens is 2. The summed E-state index contributed by atoms with van der Waals surface area (Å²) in [6.07, 6.45) is 5.57. The first-order valence-corrected chi connectivity index (χ1v) is 4.57. The Labute approximate surface area is 75.6 Å². The van der Waals surface area contributed by atoms with E-state index in [9.17, 15) is 0 Å². The lowest BCUT2D eigenvalue weighted by Gasteiger charge is -1.87. The van der Waals surface area contributed by atoms with Crippen molar-refractivity contribution in [2.24, 2.45) is 0 Å². The van der Waals surface area contributed by atoms with Crippen LogP contribution in [-0.2, 0) is 0 Å². The summed E-state index contributed by atoms with van der Waals surface area (Å²) in [4.78, 5) is 4.05. The number of nitrogens with zero attached hydrogens (tertiary/aromatic N) is 2. The van der Waals surface area contributed by atoms with Crippen LogP contribution >= 0.6 is 34.1 Å². The third-order valence-corrected chi connectivity index (χ3v) is 2.83. The van der Waals surface area contributed by atoms with Crippen molar-refractivity contribution in [3.05, 3.63) is 22.2 Å². The number of pyridine rings is 1. The largest absolute Gasteiger partial charge is 0.262 e. The van der Waals surface area contributed by atoms with Crippen LogP contribution < -0.4 is 0 Å². The van der Waals surface area contributed by atoms with E-state index >= 15 is 0 Å². The molecule has 2 heterocycles. The molecule has 2 rings (SSSR count). The van der Waals surface area contributed by atoms with E-state index in [-0.39, 0.29) is 0 Å². The zero-order valence-corrected chi connectivity index (χ0v) is 7.89. The quantitative estimate of drug-likeness (QED) is 0.681. The highest BCUT2D eigenvalue weighted by Crippen LogP contribution is 2.21. The lowest BCUT2D eigenvalue weighted by molar-refractivity contribution is 1.35. The second-order valence-electron chi connectivity index (χ2n) is 1.86. The molecule has 0 amide bonds. The summed E-state index contributed by atoms with van der Waals surface area (Å²) in [6.45, 7) is 0. The summed E-state index contributed by atoms with van der Waals surface area (Å²) in [7, 11) is 0.